The van der Waals surface area contributed by atoms with Gasteiger partial charge in [-0.15, -0.1) is 0 Å². The van der Waals surface area contributed by atoms with Gasteiger partial charge in [-0.1, -0.05) is 29.8 Å². The van der Waals surface area contributed by atoms with E-state index >= 15 is 0 Å². The number of para-hydroxylation sites is 2. The maximum absolute atomic E-state index is 12.8. The van der Waals surface area contributed by atoms with Gasteiger partial charge >= 0.3 is 0 Å². The lowest BCUT2D eigenvalue weighted by molar-refractivity contribution is -0.121. The van der Waals surface area contributed by atoms with Crippen LogP contribution < -0.4 is 5.32 Å². The summed E-state index contributed by atoms with van der Waals surface area (Å²) in [4.78, 5) is 20.1. The molecule has 1 amide bonds. The smallest absolute Gasteiger partial charge is 0.228 e. The highest BCUT2D eigenvalue weighted by Gasteiger charge is 2.27. The van der Waals surface area contributed by atoms with Crippen LogP contribution in [0.2, 0.25) is 0 Å². The van der Waals surface area contributed by atoms with E-state index in [0.717, 1.165) is 49.5 Å². The first-order valence-electron chi connectivity index (χ1n) is 10.6. The van der Waals surface area contributed by atoms with E-state index in [-0.39, 0.29) is 11.8 Å². The largest absolute Gasteiger partial charge is 0.326 e. The molecule has 4 rings (SSSR count). The summed E-state index contributed by atoms with van der Waals surface area (Å²) < 4.78 is 2.32. The molecule has 0 aliphatic carbocycles. The van der Waals surface area contributed by atoms with Gasteiger partial charge in [-0.2, -0.15) is 0 Å². The minimum Gasteiger partial charge on any atom is -0.326 e. The fourth-order valence-electron chi connectivity index (χ4n) is 4.28. The quantitative estimate of drug-likeness (QED) is 0.682. The summed E-state index contributed by atoms with van der Waals surface area (Å²) in [6.45, 7) is 9.02. The van der Waals surface area contributed by atoms with Gasteiger partial charge in [0.1, 0.15) is 5.82 Å². The second-order valence-electron chi connectivity index (χ2n) is 8.41. The van der Waals surface area contributed by atoms with Crippen LogP contribution in [0.15, 0.2) is 48.5 Å². The second kappa shape index (κ2) is 8.37. The summed E-state index contributed by atoms with van der Waals surface area (Å²) in [5, 5.41) is 3.09. The number of carbonyl (C=O) groups is 1. The number of fused-ring (bicyclic) bond motifs is 1. The molecule has 29 heavy (non-hydrogen) atoms. The molecule has 0 spiro atoms. The van der Waals surface area contributed by atoms with Gasteiger partial charge < -0.3 is 9.88 Å². The third-order valence-electron chi connectivity index (χ3n) is 5.75. The van der Waals surface area contributed by atoms with Gasteiger partial charge in [-0.05, 0) is 64.4 Å². The van der Waals surface area contributed by atoms with Crippen molar-refractivity contribution in [3.8, 4) is 0 Å². The normalized spacial score (nSPS) is 17.7. The topological polar surface area (TPSA) is 50.2 Å². The first-order chi connectivity index (χ1) is 14.0. The van der Waals surface area contributed by atoms with E-state index in [2.05, 4.69) is 53.8 Å². The number of nitrogens with one attached hydrogen (secondary N) is 1. The van der Waals surface area contributed by atoms with Crippen LogP contribution in [0.5, 0.6) is 0 Å². The number of imidazole rings is 1. The lowest BCUT2D eigenvalue weighted by atomic mass is 9.97. The maximum Gasteiger partial charge on any atom is 0.228 e. The highest BCUT2D eigenvalue weighted by Crippen LogP contribution is 2.25. The molecule has 2 heterocycles. The molecule has 1 aliphatic rings. The number of aromatic nitrogens is 2. The van der Waals surface area contributed by atoms with Crippen LogP contribution in [0.25, 0.3) is 11.0 Å². The highest BCUT2D eigenvalue weighted by atomic mass is 16.1. The van der Waals surface area contributed by atoms with Gasteiger partial charge in [0, 0.05) is 18.3 Å². The Balaban J connectivity index is 1.46. The summed E-state index contributed by atoms with van der Waals surface area (Å²) in [5.41, 5.74) is 4.30. The molecule has 1 fully saturated rings. The van der Waals surface area contributed by atoms with Crippen molar-refractivity contribution in [2.45, 2.75) is 46.2 Å². The minimum atomic E-state index is 0.0157. The van der Waals surface area contributed by atoms with E-state index in [1.165, 1.54) is 11.1 Å². The molecule has 1 aromatic heterocycles. The Bertz CT molecular complexity index is 990. The molecule has 1 atom stereocenters. The van der Waals surface area contributed by atoms with Crippen molar-refractivity contribution < 1.29 is 4.79 Å². The van der Waals surface area contributed by atoms with Crippen molar-refractivity contribution in [3.05, 3.63) is 59.9 Å². The van der Waals surface area contributed by atoms with Gasteiger partial charge in [0.05, 0.1) is 23.5 Å². The highest BCUT2D eigenvalue weighted by molar-refractivity contribution is 5.92. The average molecular weight is 391 g/mol. The Hall–Kier alpha value is -2.66. The Morgan fingerprint density at radius 1 is 1.17 bits per heavy atom. The molecule has 5 heteroatoms. The van der Waals surface area contributed by atoms with Crippen molar-refractivity contribution in [2.24, 2.45) is 5.92 Å². The molecule has 1 aliphatic heterocycles. The van der Waals surface area contributed by atoms with Crippen LogP contribution >= 0.6 is 0 Å². The molecule has 2 aromatic carbocycles. The molecule has 1 saturated heterocycles. The summed E-state index contributed by atoms with van der Waals surface area (Å²) >= 11 is 0. The van der Waals surface area contributed by atoms with Gasteiger partial charge in [0.25, 0.3) is 0 Å². The predicted molar refractivity (Wildman–Crippen MR) is 118 cm³/mol. The van der Waals surface area contributed by atoms with E-state index in [1.54, 1.807) is 0 Å². The molecule has 3 aromatic rings. The lowest BCUT2D eigenvalue weighted by Gasteiger charge is -2.32. The standard InChI is InChI=1S/C24H30N4O/c1-17(2)28-22-9-5-4-8-21(22)26-23(28)16-27-14-6-7-19(15-27)24(29)25-20-12-10-18(3)11-13-20/h4-5,8-13,17,19H,6-7,14-16H2,1-3H3,(H,25,29)/t19-/m1/s1. The number of piperidine rings is 1. The van der Waals surface area contributed by atoms with E-state index in [1.807, 2.05) is 30.3 Å². The number of benzene rings is 2. The van der Waals surface area contributed by atoms with Crippen LogP contribution in [-0.4, -0.2) is 33.4 Å². The number of aryl methyl sites for hydroxylation is 1. The van der Waals surface area contributed by atoms with Crippen LogP contribution in [0.4, 0.5) is 5.69 Å². The first kappa shape index (κ1) is 19.6. The molecule has 0 saturated carbocycles. The molecule has 0 radical (unpaired) electrons. The van der Waals surface area contributed by atoms with Crippen LogP contribution in [-0.2, 0) is 11.3 Å². The summed E-state index contributed by atoms with van der Waals surface area (Å²) in [6, 6.07) is 16.7. The zero-order chi connectivity index (χ0) is 20.4. The molecule has 0 bridgehead atoms. The van der Waals surface area contributed by atoms with Crippen molar-refractivity contribution in [3.63, 3.8) is 0 Å². The van der Waals surface area contributed by atoms with Crippen molar-refractivity contribution in [1.29, 1.82) is 0 Å². The number of hydrogen-bond donors (Lipinski definition) is 1. The number of rotatable bonds is 5. The van der Waals surface area contributed by atoms with E-state index in [4.69, 9.17) is 4.98 Å². The third kappa shape index (κ3) is 4.35. The lowest BCUT2D eigenvalue weighted by Crippen LogP contribution is -2.40. The molecule has 0 unspecified atom stereocenters. The minimum absolute atomic E-state index is 0.0157. The fraction of sp³-hybridized carbons (Fsp3) is 0.417. The van der Waals surface area contributed by atoms with E-state index < -0.39 is 0 Å². The van der Waals surface area contributed by atoms with E-state index in [0.29, 0.717) is 6.04 Å². The second-order valence-corrected chi connectivity index (χ2v) is 8.41. The molecular formula is C24H30N4O. The van der Waals surface area contributed by atoms with Crippen molar-refractivity contribution >= 4 is 22.6 Å². The average Bonchev–Trinajstić information content (AvgIpc) is 3.08. The maximum atomic E-state index is 12.8. The van der Waals surface area contributed by atoms with Crippen molar-refractivity contribution in [2.75, 3.05) is 18.4 Å². The number of likely N-dealkylation sites (tertiary alicyclic amines) is 1. The van der Waals surface area contributed by atoms with Gasteiger partial charge in [0.15, 0.2) is 0 Å². The van der Waals surface area contributed by atoms with Gasteiger partial charge in [-0.3, -0.25) is 9.69 Å². The zero-order valence-corrected chi connectivity index (χ0v) is 17.6. The molecule has 1 N–H and O–H groups in total. The first-order valence-corrected chi connectivity index (χ1v) is 10.6. The number of amides is 1. The van der Waals surface area contributed by atoms with Gasteiger partial charge in [-0.25, -0.2) is 4.98 Å². The monoisotopic (exact) mass is 390 g/mol. The van der Waals surface area contributed by atoms with Crippen molar-refractivity contribution in [1.82, 2.24) is 14.5 Å². The molecule has 152 valence electrons. The zero-order valence-electron chi connectivity index (χ0n) is 17.6. The number of carbonyl (C=O) groups excluding carboxylic acids is 1. The number of nitrogens with zero attached hydrogens (tertiary/aromatic N) is 3. The molecule has 5 nitrogen and oxygen atoms in total. The summed E-state index contributed by atoms with van der Waals surface area (Å²) in [7, 11) is 0. The Labute approximate surface area is 172 Å². The Kier molecular flexibility index (Phi) is 5.67. The number of anilines is 1. The Morgan fingerprint density at radius 2 is 1.93 bits per heavy atom. The number of hydrogen-bond acceptors (Lipinski definition) is 3. The fourth-order valence-corrected chi connectivity index (χ4v) is 4.28. The molecular weight excluding hydrogens is 360 g/mol. The van der Waals surface area contributed by atoms with Crippen LogP contribution in [0, 0.1) is 12.8 Å². The van der Waals surface area contributed by atoms with E-state index in [9.17, 15) is 4.79 Å². The predicted octanol–water partition coefficient (Wildman–Crippen LogP) is 4.78. The van der Waals surface area contributed by atoms with Gasteiger partial charge in [0.2, 0.25) is 5.91 Å². The Morgan fingerprint density at radius 3 is 2.69 bits per heavy atom. The summed E-state index contributed by atoms with van der Waals surface area (Å²) in [5.74, 6) is 1.22. The third-order valence-corrected chi connectivity index (χ3v) is 5.75. The SMILES string of the molecule is Cc1ccc(NC(=O)[C@@H]2CCCN(Cc3nc4ccccc4n3C(C)C)C2)cc1. The summed E-state index contributed by atoms with van der Waals surface area (Å²) in [6.07, 6.45) is 1.97. The van der Waals surface area contributed by atoms with Crippen LogP contribution in [0.1, 0.15) is 44.1 Å². The van der Waals surface area contributed by atoms with Crippen LogP contribution in [0.3, 0.4) is 0 Å².